The molecule has 1 aromatic heterocycles. The summed E-state index contributed by atoms with van der Waals surface area (Å²) >= 11 is 5.94. The molecule has 0 unspecified atom stereocenters. The van der Waals surface area contributed by atoms with Gasteiger partial charge in [0.15, 0.2) is 0 Å². The highest BCUT2D eigenvalue weighted by Gasteiger charge is 2.19. The molecule has 1 atom stereocenters. The number of carbonyl (C=O) groups is 1. The van der Waals surface area contributed by atoms with Gasteiger partial charge in [0.1, 0.15) is 6.04 Å². The zero-order valence-corrected chi connectivity index (χ0v) is 9.09. The molecule has 0 aliphatic carbocycles. The Bertz CT molecular complexity index is 360. The van der Waals surface area contributed by atoms with Gasteiger partial charge in [-0.15, -0.1) is 0 Å². The van der Waals surface area contributed by atoms with E-state index in [1.54, 1.807) is 18.5 Å². The van der Waals surface area contributed by atoms with Crippen molar-refractivity contribution in [2.75, 3.05) is 0 Å². The minimum Gasteiger partial charge on any atom is -0.292 e. The van der Waals surface area contributed by atoms with Crippen LogP contribution in [0.15, 0.2) is 0 Å². The van der Waals surface area contributed by atoms with Gasteiger partial charge in [-0.25, -0.2) is 5.84 Å². The number of amides is 1. The van der Waals surface area contributed by atoms with E-state index in [4.69, 9.17) is 17.4 Å². The Hall–Kier alpha value is -1.07. The monoisotopic (exact) mass is 216 g/mol. The number of nitrogens with two attached hydrogens (primary N) is 1. The Morgan fingerprint density at radius 2 is 2.21 bits per heavy atom. The van der Waals surface area contributed by atoms with E-state index >= 15 is 0 Å². The van der Waals surface area contributed by atoms with Crippen LogP contribution in [-0.2, 0) is 4.79 Å². The number of nitrogens with zero attached hydrogens (tertiary/aromatic N) is 2. The first-order chi connectivity index (χ1) is 6.49. The molecule has 3 N–H and O–H groups in total. The number of aryl methyl sites for hydroxylation is 1. The molecule has 14 heavy (non-hydrogen) atoms. The van der Waals surface area contributed by atoms with Crippen molar-refractivity contribution in [3.8, 4) is 0 Å². The van der Waals surface area contributed by atoms with Crippen LogP contribution in [0.5, 0.6) is 0 Å². The summed E-state index contributed by atoms with van der Waals surface area (Å²) in [7, 11) is 0. The Kier molecular flexibility index (Phi) is 3.13. The fraction of sp³-hybridized carbons (Fsp3) is 0.500. The van der Waals surface area contributed by atoms with E-state index in [0.717, 1.165) is 5.69 Å². The van der Waals surface area contributed by atoms with Crippen LogP contribution >= 0.6 is 11.6 Å². The van der Waals surface area contributed by atoms with E-state index < -0.39 is 6.04 Å². The van der Waals surface area contributed by atoms with Crippen LogP contribution in [0.2, 0.25) is 5.02 Å². The molecule has 1 heterocycles. The lowest BCUT2D eigenvalue weighted by atomic mass is 10.3. The molecule has 6 heteroatoms. The predicted molar refractivity (Wildman–Crippen MR) is 53.8 cm³/mol. The van der Waals surface area contributed by atoms with Crippen LogP contribution in [0.25, 0.3) is 0 Å². The Morgan fingerprint density at radius 1 is 1.64 bits per heavy atom. The van der Waals surface area contributed by atoms with Crippen LogP contribution in [0, 0.1) is 13.8 Å². The number of hydrazine groups is 1. The number of hydrogen-bond donors (Lipinski definition) is 2. The van der Waals surface area contributed by atoms with Gasteiger partial charge in [-0.05, 0) is 20.8 Å². The van der Waals surface area contributed by atoms with Gasteiger partial charge in [-0.1, -0.05) is 11.6 Å². The van der Waals surface area contributed by atoms with Crippen LogP contribution in [-0.4, -0.2) is 15.7 Å². The molecular formula is C8H13ClN4O. The van der Waals surface area contributed by atoms with Crippen molar-refractivity contribution in [3.05, 3.63) is 16.4 Å². The number of halogens is 1. The van der Waals surface area contributed by atoms with E-state index in [1.807, 2.05) is 6.92 Å². The van der Waals surface area contributed by atoms with Crippen molar-refractivity contribution in [1.29, 1.82) is 0 Å². The number of hydrogen-bond acceptors (Lipinski definition) is 3. The lowest BCUT2D eigenvalue weighted by Crippen LogP contribution is -2.36. The van der Waals surface area contributed by atoms with E-state index in [-0.39, 0.29) is 5.91 Å². The van der Waals surface area contributed by atoms with E-state index in [0.29, 0.717) is 10.7 Å². The topological polar surface area (TPSA) is 72.9 Å². The van der Waals surface area contributed by atoms with Crippen LogP contribution < -0.4 is 11.3 Å². The summed E-state index contributed by atoms with van der Waals surface area (Å²) in [6.45, 7) is 5.31. The summed E-state index contributed by atoms with van der Waals surface area (Å²) in [6.07, 6.45) is 0. The highest BCUT2D eigenvalue weighted by molar-refractivity contribution is 6.31. The summed E-state index contributed by atoms with van der Waals surface area (Å²) < 4.78 is 1.56. The average Bonchev–Trinajstić information content (AvgIpc) is 2.43. The van der Waals surface area contributed by atoms with Crippen molar-refractivity contribution in [1.82, 2.24) is 15.2 Å². The lowest BCUT2D eigenvalue weighted by Gasteiger charge is -2.11. The first-order valence-corrected chi connectivity index (χ1v) is 4.58. The second-order valence-corrected chi connectivity index (χ2v) is 3.49. The zero-order chi connectivity index (χ0) is 10.9. The second kappa shape index (κ2) is 3.98. The molecule has 0 aliphatic rings. The van der Waals surface area contributed by atoms with Crippen molar-refractivity contribution < 1.29 is 4.79 Å². The molecule has 0 saturated carbocycles. The minimum atomic E-state index is -0.453. The molecule has 0 radical (unpaired) electrons. The molecule has 5 nitrogen and oxygen atoms in total. The summed E-state index contributed by atoms with van der Waals surface area (Å²) in [5.74, 6) is 4.73. The van der Waals surface area contributed by atoms with Crippen LogP contribution in [0.4, 0.5) is 0 Å². The van der Waals surface area contributed by atoms with Crippen LogP contribution in [0.3, 0.4) is 0 Å². The molecule has 78 valence electrons. The number of nitrogens with one attached hydrogen (secondary N) is 1. The normalized spacial score (nSPS) is 12.6. The van der Waals surface area contributed by atoms with Gasteiger partial charge in [-0.2, -0.15) is 5.10 Å². The quantitative estimate of drug-likeness (QED) is 0.434. The van der Waals surface area contributed by atoms with E-state index in [2.05, 4.69) is 10.5 Å². The maximum atomic E-state index is 11.2. The smallest absolute Gasteiger partial charge is 0.258 e. The third-order valence-corrected chi connectivity index (χ3v) is 2.67. The Morgan fingerprint density at radius 3 is 2.57 bits per heavy atom. The number of rotatable bonds is 2. The van der Waals surface area contributed by atoms with E-state index in [9.17, 15) is 4.79 Å². The fourth-order valence-corrected chi connectivity index (χ4v) is 1.38. The average molecular weight is 217 g/mol. The first kappa shape index (κ1) is 11.0. The fourth-order valence-electron chi connectivity index (χ4n) is 1.25. The van der Waals surface area contributed by atoms with Gasteiger partial charge in [-0.3, -0.25) is 14.9 Å². The zero-order valence-electron chi connectivity index (χ0n) is 8.34. The third-order valence-electron chi connectivity index (χ3n) is 2.13. The van der Waals surface area contributed by atoms with E-state index in [1.165, 1.54) is 0 Å². The van der Waals surface area contributed by atoms with Crippen LogP contribution in [0.1, 0.15) is 24.4 Å². The molecule has 1 rings (SSSR count). The van der Waals surface area contributed by atoms with Crippen molar-refractivity contribution in [3.63, 3.8) is 0 Å². The number of aromatic nitrogens is 2. The summed E-state index contributed by atoms with van der Waals surface area (Å²) in [4.78, 5) is 11.2. The summed E-state index contributed by atoms with van der Waals surface area (Å²) in [5.41, 5.74) is 3.55. The maximum Gasteiger partial charge on any atom is 0.258 e. The second-order valence-electron chi connectivity index (χ2n) is 3.11. The van der Waals surface area contributed by atoms with Crippen molar-refractivity contribution in [2.24, 2.45) is 5.84 Å². The Balaban J connectivity index is 3.07. The van der Waals surface area contributed by atoms with Gasteiger partial charge >= 0.3 is 0 Å². The first-order valence-electron chi connectivity index (χ1n) is 4.20. The lowest BCUT2D eigenvalue weighted by molar-refractivity contribution is -0.124. The molecule has 0 fully saturated rings. The van der Waals surface area contributed by atoms with Gasteiger partial charge in [0.25, 0.3) is 5.91 Å². The predicted octanol–water partition coefficient (Wildman–Crippen LogP) is 0.704. The molecule has 0 bridgehead atoms. The molecule has 1 aromatic rings. The largest absolute Gasteiger partial charge is 0.292 e. The van der Waals surface area contributed by atoms with Crippen molar-refractivity contribution >= 4 is 17.5 Å². The minimum absolute atomic E-state index is 0.299. The van der Waals surface area contributed by atoms with Gasteiger partial charge in [0.05, 0.1) is 16.4 Å². The summed E-state index contributed by atoms with van der Waals surface area (Å²) in [5, 5.41) is 4.73. The highest BCUT2D eigenvalue weighted by atomic mass is 35.5. The third kappa shape index (κ3) is 1.73. The SMILES string of the molecule is Cc1nn([C@@H](C)C(=O)NN)c(C)c1Cl. The van der Waals surface area contributed by atoms with Crippen molar-refractivity contribution in [2.45, 2.75) is 26.8 Å². The molecule has 0 aromatic carbocycles. The summed E-state index contributed by atoms with van der Waals surface area (Å²) in [6, 6.07) is -0.453. The highest BCUT2D eigenvalue weighted by Crippen LogP contribution is 2.21. The Labute approximate surface area is 87.2 Å². The van der Waals surface area contributed by atoms with Gasteiger partial charge in [0, 0.05) is 0 Å². The molecule has 0 spiro atoms. The van der Waals surface area contributed by atoms with Gasteiger partial charge in [0.2, 0.25) is 0 Å². The molecule has 0 aliphatic heterocycles. The standard InChI is InChI=1S/C8H13ClN4O/c1-4-7(9)5(2)13(12-4)6(3)8(14)11-10/h6H,10H2,1-3H3,(H,11,14)/t6-/m0/s1. The molecular weight excluding hydrogens is 204 g/mol. The van der Waals surface area contributed by atoms with Gasteiger partial charge < -0.3 is 0 Å². The molecule has 0 saturated heterocycles. The number of carbonyl (C=O) groups excluding carboxylic acids is 1. The molecule has 1 amide bonds. The maximum absolute atomic E-state index is 11.2.